The highest BCUT2D eigenvalue weighted by Gasteiger charge is 2.20. The van der Waals surface area contributed by atoms with Gasteiger partial charge in [0.25, 0.3) is 5.56 Å². The molecule has 4 aromatic rings. The minimum absolute atomic E-state index is 0.313. The molecule has 0 atom stereocenters. The van der Waals surface area contributed by atoms with E-state index >= 15 is 0 Å². The fraction of sp³-hybridized carbons (Fsp3) is 0.120. The molecule has 0 fully saturated rings. The van der Waals surface area contributed by atoms with E-state index in [-0.39, 0.29) is 11.2 Å². The van der Waals surface area contributed by atoms with Crippen molar-refractivity contribution in [2.24, 2.45) is 0 Å². The third-order valence-electron chi connectivity index (χ3n) is 5.39. The average Bonchev–Trinajstić information content (AvgIpc) is 2.78. The minimum atomic E-state index is -0.357. The molecule has 3 aromatic carbocycles. The van der Waals surface area contributed by atoms with Gasteiger partial charge in [-0.1, -0.05) is 53.8 Å². The fourth-order valence-electron chi connectivity index (χ4n) is 3.99. The van der Waals surface area contributed by atoms with Crippen molar-refractivity contribution in [1.29, 1.82) is 0 Å². The summed E-state index contributed by atoms with van der Waals surface area (Å²) in [4.78, 5) is 26.4. The predicted molar refractivity (Wildman–Crippen MR) is 120 cm³/mol. The SMILES string of the molecule is O=c1c2cccc3c2n(c(=O)n1-c1ccc(C#Cc2ccccc2)cc1Cl)CCC3. The van der Waals surface area contributed by atoms with Gasteiger partial charge in [0, 0.05) is 17.7 Å². The highest BCUT2D eigenvalue weighted by Crippen LogP contribution is 2.24. The summed E-state index contributed by atoms with van der Waals surface area (Å²) in [7, 11) is 0. The smallest absolute Gasteiger partial charge is 0.293 e. The normalized spacial score (nSPS) is 12.4. The Hall–Kier alpha value is -3.55. The van der Waals surface area contributed by atoms with Crippen LogP contribution in [0.3, 0.4) is 0 Å². The zero-order chi connectivity index (χ0) is 20.7. The van der Waals surface area contributed by atoms with Crippen LogP contribution in [0.2, 0.25) is 5.02 Å². The van der Waals surface area contributed by atoms with Crippen LogP contribution >= 0.6 is 11.6 Å². The molecule has 0 spiro atoms. The van der Waals surface area contributed by atoms with Crippen molar-refractivity contribution in [3.8, 4) is 17.5 Å². The predicted octanol–water partition coefficient (Wildman–Crippen LogP) is 4.15. The van der Waals surface area contributed by atoms with E-state index in [9.17, 15) is 9.59 Å². The molecule has 0 saturated heterocycles. The maximum atomic E-state index is 13.2. The van der Waals surface area contributed by atoms with Crippen molar-refractivity contribution in [1.82, 2.24) is 9.13 Å². The number of nitrogens with zero attached hydrogens (tertiary/aromatic N) is 2. The van der Waals surface area contributed by atoms with Gasteiger partial charge in [-0.15, -0.1) is 0 Å². The van der Waals surface area contributed by atoms with Gasteiger partial charge in [-0.3, -0.25) is 9.36 Å². The summed E-state index contributed by atoms with van der Waals surface area (Å²) in [5.74, 6) is 6.16. The van der Waals surface area contributed by atoms with Crippen molar-refractivity contribution in [2.45, 2.75) is 19.4 Å². The molecule has 5 rings (SSSR count). The van der Waals surface area contributed by atoms with Crippen molar-refractivity contribution in [3.05, 3.63) is 109 Å². The van der Waals surface area contributed by atoms with Crippen LogP contribution in [0.4, 0.5) is 0 Å². The summed E-state index contributed by atoms with van der Waals surface area (Å²) in [6, 6.07) is 20.4. The van der Waals surface area contributed by atoms with Crippen LogP contribution in [0, 0.1) is 11.8 Å². The third-order valence-corrected chi connectivity index (χ3v) is 5.69. The van der Waals surface area contributed by atoms with Gasteiger partial charge >= 0.3 is 5.69 Å². The topological polar surface area (TPSA) is 44.0 Å². The molecule has 0 radical (unpaired) electrons. The van der Waals surface area contributed by atoms with E-state index in [1.54, 1.807) is 28.8 Å². The maximum Gasteiger partial charge on any atom is 0.336 e. The van der Waals surface area contributed by atoms with E-state index < -0.39 is 0 Å². The monoisotopic (exact) mass is 412 g/mol. The Balaban J connectivity index is 1.66. The molecule has 0 bridgehead atoms. The van der Waals surface area contributed by atoms with Crippen molar-refractivity contribution < 1.29 is 0 Å². The van der Waals surface area contributed by atoms with E-state index in [1.807, 2.05) is 42.5 Å². The fourth-order valence-corrected chi connectivity index (χ4v) is 4.25. The Labute approximate surface area is 178 Å². The van der Waals surface area contributed by atoms with E-state index in [1.165, 1.54) is 4.57 Å². The molecule has 0 amide bonds. The lowest BCUT2D eigenvalue weighted by atomic mass is 10.0. The number of rotatable bonds is 1. The van der Waals surface area contributed by atoms with Crippen LogP contribution in [0.25, 0.3) is 16.6 Å². The zero-order valence-electron chi connectivity index (χ0n) is 16.1. The van der Waals surface area contributed by atoms with Crippen molar-refractivity contribution in [2.75, 3.05) is 0 Å². The van der Waals surface area contributed by atoms with Gasteiger partial charge in [0.05, 0.1) is 21.6 Å². The Bertz CT molecular complexity index is 1470. The van der Waals surface area contributed by atoms with Crippen LogP contribution in [0.5, 0.6) is 0 Å². The summed E-state index contributed by atoms with van der Waals surface area (Å²) in [5.41, 5.74) is 3.07. The van der Waals surface area contributed by atoms with Gasteiger partial charge in [0.15, 0.2) is 0 Å². The molecular weight excluding hydrogens is 396 g/mol. The van der Waals surface area contributed by atoms with Crippen molar-refractivity contribution >= 4 is 22.5 Å². The molecule has 4 nitrogen and oxygen atoms in total. The summed E-state index contributed by atoms with van der Waals surface area (Å²) in [5, 5.41) is 0.851. The number of para-hydroxylation sites is 1. The Kier molecular flexibility index (Phi) is 4.54. The molecule has 146 valence electrons. The molecule has 30 heavy (non-hydrogen) atoms. The third kappa shape index (κ3) is 3.04. The second kappa shape index (κ2) is 7.37. The molecule has 1 aliphatic rings. The summed E-state index contributed by atoms with van der Waals surface area (Å²) in [6.45, 7) is 0.588. The van der Waals surface area contributed by atoms with Crippen LogP contribution in [-0.2, 0) is 13.0 Å². The molecule has 0 saturated carbocycles. The lowest BCUT2D eigenvalue weighted by molar-refractivity contribution is 0.587. The van der Waals surface area contributed by atoms with Crippen LogP contribution in [-0.4, -0.2) is 9.13 Å². The van der Waals surface area contributed by atoms with Gasteiger partial charge < -0.3 is 0 Å². The quantitative estimate of drug-likeness (QED) is 0.441. The van der Waals surface area contributed by atoms with Gasteiger partial charge in [-0.05, 0) is 54.8 Å². The van der Waals surface area contributed by atoms with Crippen LogP contribution in [0.15, 0.2) is 76.3 Å². The molecule has 0 aliphatic carbocycles. The lowest BCUT2D eigenvalue weighted by Crippen LogP contribution is -2.40. The Morgan fingerprint density at radius 2 is 1.67 bits per heavy atom. The average molecular weight is 413 g/mol. The lowest BCUT2D eigenvalue weighted by Gasteiger charge is -2.20. The number of hydrogen-bond acceptors (Lipinski definition) is 2. The number of aryl methyl sites for hydroxylation is 2. The molecule has 2 heterocycles. The van der Waals surface area contributed by atoms with Crippen LogP contribution in [0.1, 0.15) is 23.1 Å². The molecule has 1 aromatic heterocycles. The summed E-state index contributed by atoms with van der Waals surface area (Å²) >= 11 is 6.51. The van der Waals surface area contributed by atoms with Crippen LogP contribution < -0.4 is 11.2 Å². The molecule has 0 unspecified atom stereocenters. The van der Waals surface area contributed by atoms with Crippen molar-refractivity contribution in [3.63, 3.8) is 0 Å². The second-order valence-corrected chi connectivity index (χ2v) is 7.68. The first kappa shape index (κ1) is 18.5. The second-order valence-electron chi connectivity index (χ2n) is 7.27. The number of halogens is 1. The van der Waals surface area contributed by atoms with Gasteiger partial charge in [0.1, 0.15) is 0 Å². The van der Waals surface area contributed by atoms with Gasteiger partial charge in [-0.2, -0.15) is 0 Å². The summed E-state index contributed by atoms with van der Waals surface area (Å²) in [6.07, 6.45) is 1.74. The largest absolute Gasteiger partial charge is 0.336 e. The van der Waals surface area contributed by atoms with E-state index in [4.69, 9.17) is 11.6 Å². The molecule has 5 heteroatoms. The van der Waals surface area contributed by atoms with E-state index in [2.05, 4.69) is 11.8 Å². The number of benzene rings is 3. The molecule has 1 aliphatic heterocycles. The molecule has 0 N–H and O–H groups in total. The van der Waals surface area contributed by atoms with E-state index in [0.717, 1.165) is 29.5 Å². The summed E-state index contributed by atoms with van der Waals surface area (Å²) < 4.78 is 2.86. The number of hydrogen-bond donors (Lipinski definition) is 0. The first-order chi connectivity index (χ1) is 14.6. The highest BCUT2D eigenvalue weighted by atomic mass is 35.5. The highest BCUT2D eigenvalue weighted by molar-refractivity contribution is 6.32. The molecular formula is C25H17ClN2O2. The van der Waals surface area contributed by atoms with E-state index in [0.29, 0.717) is 28.2 Å². The maximum absolute atomic E-state index is 13.2. The first-order valence-electron chi connectivity index (χ1n) is 9.78. The first-order valence-corrected chi connectivity index (χ1v) is 10.2. The van der Waals surface area contributed by atoms with Gasteiger partial charge in [-0.25, -0.2) is 9.36 Å². The Morgan fingerprint density at radius 1 is 0.867 bits per heavy atom. The zero-order valence-corrected chi connectivity index (χ0v) is 16.8. The standard InChI is InChI=1S/C25H17ClN2O2/c26-21-16-18(12-11-17-6-2-1-3-7-17)13-14-22(21)28-24(29)20-10-4-8-19-9-5-15-27(23(19)20)25(28)30/h1-4,6-8,10,13-14,16H,5,9,15H2. The van der Waals surface area contributed by atoms with Gasteiger partial charge in [0.2, 0.25) is 0 Å². The Morgan fingerprint density at radius 3 is 2.47 bits per heavy atom. The number of aromatic nitrogens is 2. The minimum Gasteiger partial charge on any atom is -0.293 e.